The zero-order chi connectivity index (χ0) is 22.6. The third-order valence-electron chi connectivity index (χ3n) is 4.17. The molecule has 0 aromatic heterocycles. The maximum Gasteiger partial charge on any atom is 0.341 e. The molecule has 3 aromatic carbocycles. The summed E-state index contributed by atoms with van der Waals surface area (Å²) in [5.41, 5.74) is 6.03. The summed E-state index contributed by atoms with van der Waals surface area (Å²) in [5.74, 6) is -4.05. The molecule has 0 saturated heterocycles. The number of halogens is 2. The number of nitrogens with one attached hydrogen (secondary N) is 1. The maximum atomic E-state index is 12.6. The number of nitrogens with two attached hydrogens (primary N) is 1. The van der Waals surface area contributed by atoms with Crippen molar-refractivity contribution in [1.82, 2.24) is 0 Å². The van der Waals surface area contributed by atoms with Crippen LogP contribution in [0.25, 0.3) is 0 Å². The van der Waals surface area contributed by atoms with Gasteiger partial charge in [0.25, 0.3) is 11.8 Å². The minimum Gasteiger partial charge on any atom is -0.457 e. The number of ether oxygens (including phenoxy) is 1. The van der Waals surface area contributed by atoms with Gasteiger partial charge in [-0.2, -0.15) is 8.78 Å². The van der Waals surface area contributed by atoms with Crippen LogP contribution < -0.4 is 15.8 Å². The molecule has 0 spiro atoms. The average molecular weight is 446 g/mol. The quantitative estimate of drug-likeness (QED) is 0.572. The molecule has 0 saturated carbocycles. The van der Waals surface area contributed by atoms with E-state index in [0.29, 0.717) is 11.4 Å². The molecule has 0 unspecified atom stereocenters. The number of amides is 2. The van der Waals surface area contributed by atoms with E-state index in [-0.39, 0.29) is 16.9 Å². The van der Waals surface area contributed by atoms with Crippen molar-refractivity contribution in [3.8, 4) is 11.5 Å². The summed E-state index contributed by atoms with van der Waals surface area (Å²) in [4.78, 5) is 23.2. The molecule has 3 N–H and O–H groups in total. The summed E-state index contributed by atoms with van der Waals surface area (Å²) < 4.78 is 53.7. The lowest BCUT2D eigenvalue weighted by Crippen LogP contribution is -2.14. The second-order valence-corrected chi connectivity index (χ2v) is 8.19. The van der Waals surface area contributed by atoms with Gasteiger partial charge in [-0.25, -0.2) is 8.42 Å². The summed E-state index contributed by atoms with van der Waals surface area (Å²) in [6, 6.07) is 16.9. The van der Waals surface area contributed by atoms with Gasteiger partial charge in [-0.05, 0) is 60.7 Å². The number of para-hydroxylation sites is 1. The Balaban J connectivity index is 1.69. The van der Waals surface area contributed by atoms with Gasteiger partial charge >= 0.3 is 5.76 Å². The van der Waals surface area contributed by atoms with Gasteiger partial charge in [0.1, 0.15) is 11.5 Å². The van der Waals surface area contributed by atoms with E-state index in [0.717, 1.165) is 24.3 Å². The van der Waals surface area contributed by atoms with Crippen molar-refractivity contribution in [3.63, 3.8) is 0 Å². The number of hydrogen-bond acceptors (Lipinski definition) is 5. The van der Waals surface area contributed by atoms with Crippen molar-refractivity contribution >= 4 is 27.3 Å². The Morgan fingerprint density at radius 3 is 2.10 bits per heavy atom. The zero-order valence-corrected chi connectivity index (χ0v) is 16.6. The first-order valence-corrected chi connectivity index (χ1v) is 10.3. The van der Waals surface area contributed by atoms with Crippen molar-refractivity contribution in [3.05, 3.63) is 83.9 Å². The fourth-order valence-corrected chi connectivity index (χ4v) is 3.32. The predicted molar refractivity (Wildman–Crippen MR) is 109 cm³/mol. The van der Waals surface area contributed by atoms with Gasteiger partial charge in [0.15, 0.2) is 0 Å². The number of rotatable bonds is 7. The van der Waals surface area contributed by atoms with E-state index in [1.807, 2.05) is 0 Å². The van der Waals surface area contributed by atoms with Crippen molar-refractivity contribution in [2.45, 2.75) is 10.7 Å². The summed E-state index contributed by atoms with van der Waals surface area (Å²) in [6.45, 7) is 0. The molecular weight excluding hydrogens is 430 g/mol. The van der Waals surface area contributed by atoms with Crippen LogP contribution in [-0.2, 0) is 9.84 Å². The van der Waals surface area contributed by atoms with E-state index in [1.165, 1.54) is 6.07 Å². The van der Waals surface area contributed by atoms with Gasteiger partial charge < -0.3 is 15.8 Å². The monoisotopic (exact) mass is 446 g/mol. The van der Waals surface area contributed by atoms with E-state index < -0.39 is 32.3 Å². The normalized spacial score (nSPS) is 11.2. The highest BCUT2D eigenvalue weighted by Crippen LogP contribution is 2.26. The Bertz CT molecular complexity index is 1210. The molecule has 3 rings (SSSR count). The number of sulfone groups is 1. The van der Waals surface area contributed by atoms with E-state index in [1.54, 1.807) is 42.5 Å². The fourth-order valence-electron chi connectivity index (χ4n) is 2.59. The number of hydrogen-bond donors (Lipinski definition) is 2. The molecule has 0 atom stereocenters. The first-order valence-electron chi connectivity index (χ1n) is 8.78. The van der Waals surface area contributed by atoms with Crippen LogP contribution in [0.5, 0.6) is 11.5 Å². The van der Waals surface area contributed by atoms with Crippen LogP contribution in [0.2, 0.25) is 0 Å². The number of primary amides is 1. The first-order chi connectivity index (χ1) is 14.7. The highest BCUT2D eigenvalue weighted by atomic mass is 32.2. The summed E-state index contributed by atoms with van der Waals surface area (Å²) in [5, 5.41) is 2.59. The van der Waals surface area contributed by atoms with Crippen LogP contribution in [0.15, 0.2) is 77.7 Å². The van der Waals surface area contributed by atoms with Crippen molar-refractivity contribution in [2.75, 3.05) is 5.32 Å². The molecular formula is C21H16F2N2O5S. The molecule has 31 heavy (non-hydrogen) atoms. The van der Waals surface area contributed by atoms with Gasteiger partial charge in [-0.1, -0.05) is 12.1 Å². The van der Waals surface area contributed by atoms with Gasteiger partial charge in [0.05, 0.1) is 10.5 Å². The number of carbonyl (C=O) groups excluding carboxylic acids is 2. The van der Waals surface area contributed by atoms with Crippen LogP contribution in [-0.4, -0.2) is 26.0 Å². The van der Waals surface area contributed by atoms with Crippen LogP contribution in [0, 0.1) is 0 Å². The SMILES string of the molecule is NC(=O)c1ccccc1Oc1ccc(NC(=O)c2ccc(S(=O)(=O)C(F)F)cc2)cc1. The lowest BCUT2D eigenvalue weighted by Gasteiger charge is -2.10. The third-order valence-corrected chi connectivity index (χ3v) is 5.57. The first kappa shape index (κ1) is 21.9. The summed E-state index contributed by atoms with van der Waals surface area (Å²) in [7, 11) is -4.73. The van der Waals surface area contributed by atoms with Crippen LogP contribution >= 0.6 is 0 Å². The van der Waals surface area contributed by atoms with E-state index in [9.17, 15) is 26.8 Å². The smallest absolute Gasteiger partial charge is 0.341 e. The van der Waals surface area contributed by atoms with Crippen molar-refractivity contribution < 1.29 is 31.5 Å². The van der Waals surface area contributed by atoms with Crippen LogP contribution in [0.1, 0.15) is 20.7 Å². The van der Waals surface area contributed by atoms with Gasteiger partial charge in [0.2, 0.25) is 9.84 Å². The lowest BCUT2D eigenvalue weighted by atomic mass is 10.2. The molecule has 160 valence electrons. The minimum atomic E-state index is -4.73. The summed E-state index contributed by atoms with van der Waals surface area (Å²) >= 11 is 0. The molecule has 10 heteroatoms. The molecule has 0 aliphatic heterocycles. The zero-order valence-electron chi connectivity index (χ0n) is 15.8. The highest BCUT2D eigenvalue weighted by molar-refractivity contribution is 7.91. The Hall–Kier alpha value is -3.79. The van der Waals surface area contributed by atoms with Crippen LogP contribution in [0.3, 0.4) is 0 Å². The highest BCUT2D eigenvalue weighted by Gasteiger charge is 2.26. The topological polar surface area (TPSA) is 116 Å². The summed E-state index contributed by atoms with van der Waals surface area (Å²) in [6.07, 6.45) is 0. The molecule has 2 amide bonds. The Morgan fingerprint density at radius 2 is 1.52 bits per heavy atom. The Morgan fingerprint density at radius 1 is 0.903 bits per heavy atom. The van der Waals surface area contributed by atoms with E-state index in [2.05, 4.69) is 5.32 Å². The molecule has 0 aliphatic rings. The van der Waals surface area contributed by atoms with Gasteiger partial charge in [-0.15, -0.1) is 0 Å². The molecule has 0 aliphatic carbocycles. The van der Waals surface area contributed by atoms with Crippen LogP contribution in [0.4, 0.5) is 14.5 Å². The average Bonchev–Trinajstić information content (AvgIpc) is 2.75. The largest absolute Gasteiger partial charge is 0.457 e. The minimum absolute atomic E-state index is 0.0870. The maximum absolute atomic E-state index is 12.6. The number of alkyl halides is 2. The lowest BCUT2D eigenvalue weighted by molar-refractivity contribution is 0.0995. The number of benzene rings is 3. The third kappa shape index (κ3) is 5.04. The fraction of sp³-hybridized carbons (Fsp3) is 0.0476. The molecule has 0 radical (unpaired) electrons. The predicted octanol–water partition coefficient (Wildman–Crippen LogP) is 3.83. The van der Waals surface area contributed by atoms with E-state index >= 15 is 0 Å². The molecule has 0 fully saturated rings. The van der Waals surface area contributed by atoms with Gasteiger partial charge in [-0.3, -0.25) is 9.59 Å². The second-order valence-electron chi connectivity index (χ2n) is 6.27. The molecule has 0 heterocycles. The van der Waals surface area contributed by atoms with Crippen molar-refractivity contribution in [2.24, 2.45) is 5.73 Å². The molecule has 0 bridgehead atoms. The molecule has 3 aromatic rings. The number of anilines is 1. The Kier molecular flexibility index (Phi) is 6.30. The van der Waals surface area contributed by atoms with Crippen molar-refractivity contribution in [1.29, 1.82) is 0 Å². The molecule has 7 nitrogen and oxygen atoms in total. The Labute approximate surface area is 176 Å². The number of carbonyl (C=O) groups is 2. The van der Waals surface area contributed by atoms with E-state index in [4.69, 9.17) is 10.5 Å². The second kappa shape index (κ2) is 8.92. The van der Waals surface area contributed by atoms with Gasteiger partial charge in [0, 0.05) is 11.3 Å². The standard InChI is InChI=1S/C21H16F2N2O5S/c22-21(23)31(28,29)16-11-5-13(6-12-16)20(27)25-14-7-9-15(10-8-14)30-18-4-2-1-3-17(18)19(24)26/h1-12,21H,(H2,24,26)(H,25,27).